The normalized spacial score (nSPS) is 26.7. The zero-order valence-electron chi connectivity index (χ0n) is 23.7. The molecule has 2 bridgehead atoms. The van der Waals surface area contributed by atoms with Crippen LogP contribution >= 0.6 is 0 Å². The van der Waals surface area contributed by atoms with Crippen molar-refractivity contribution in [1.82, 2.24) is 20.2 Å². The van der Waals surface area contributed by atoms with Gasteiger partial charge >= 0.3 is 6.01 Å². The maximum absolute atomic E-state index is 16.7. The van der Waals surface area contributed by atoms with Crippen LogP contribution in [0.25, 0.3) is 32.8 Å². The summed E-state index contributed by atoms with van der Waals surface area (Å²) >= 11 is 0. The van der Waals surface area contributed by atoms with E-state index in [-0.39, 0.29) is 57.7 Å². The van der Waals surface area contributed by atoms with Crippen molar-refractivity contribution in [3.63, 3.8) is 0 Å². The van der Waals surface area contributed by atoms with Gasteiger partial charge < -0.3 is 20.1 Å². The van der Waals surface area contributed by atoms with E-state index in [1.54, 1.807) is 0 Å². The number of ether oxygens (including phenoxy) is 1. The summed E-state index contributed by atoms with van der Waals surface area (Å²) in [4.78, 5) is 13.3. The fourth-order valence-electron chi connectivity index (χ4n) is 8.02. The molecule has 44 heavy (non-hydrogen) atoms. The number of alkyl halides is 1. The second-order valence-electron chi connectivity index (χ2n) is 12.5. The van der Waals surface area contributed by atoms with Gasteiger partial charge in [0.1, 0.15) is 35.7 Å². The highest BCUT2D eigenvalue weighted by Crippen LogP contribution is 2.44. The Hall–Kier alpha value is -3.77. The Labute approximate surface area is 249 Å². The molecule has 3 aromatic carbocycles. The van der Waals surface area contributed by atoms with E-state index in [2.05, 4.69) is 20.1 Å². The van der Waals surface area contributed by atoms with Crippen molar-refractivity contribution in [3.8, 4) is 22.9 Å². The Morgan fingerprint density at radius 2 is 1.80 bits per heavy atom. The molecule has 12 heteroatoms. The quantitative estimate of drug-likeness (QED) is 0.285. The maximum Gasteiger partial charge on any atom is 0.319 e. The van der Waals surface area contributed by atoms with Crippen LogP contribution in [0.4, 0.5) is 27.8 Å². The highest BCUT2D eigenvalue weighted by Gasteiger charge is 2.49. The van der Waals surface area contributed by atoms with Crippen LogP contribution in [-0.2, 0) is 0 Å². The number of aromatic hydroxyl groups is 1. The summed E-state index contributed by atoms with van der Waals surface area (Å²) in [5, 5.41) is 13.6. The first-order chi connectivity index (χ1) is 21.2. The largest absolute Gasteiger partial charge is 0.508 e. The van der Waals surface area contributed by atoms with Crippen LogP contribution in [-0.4, -0.2) is 76.6 Å². The third-order valence-corrected chi connectivity index (χ3v) is 9.96. The molecule has 4 atom stereocenters. The Kier molecular flexibility index (Phi) is 6.39. The summed E-state index contributed by atoms with van der Waals surface area (Å²) in [5.74, 6) is -4.67. The van der Waals surface area contributed by atoms with Crippen molar-refractivity contribution in [2.75, 3.05) is 37.7 Å². The number of fused-ring (bicyclic) bond motifs is 5. The predicted molar refractivity (Wildman–Crippen MR) is 155 cm³/mol. The molecule has 5 heterocycles. The molecule has 4 saturated heterocycles. The first kappa shape index (κ1) is 27.8. The lowest BCUT2D eigenvalue weighted by atomic mass is 9.95. The SMILES string of the molecule is Oc1cc(-c2c(F)cc3c(N4[C@@H]5CC[C@H]4CNC5)nc(OC[C@@]45CCCN4C[C@H](F)C5)nc3c2F)c2c(F)c(F)ccc2c1. The minimum atomic E-state index is -1.29. The first-order valence-electron chi connectivity index (χ1n) is 15.0. The zero-order chi connectivity index (χ0) is 30.3. The third kappa shape index (κ3) is 4.21. The molecule has 4 aliphatic rings. The van der Waals surface area contributed by atoms with Crippen molar-refractivity contribution in [2.45, 2.75) is 55.9 Å². The summed E-state index contributed by atoms with van der Waals surface area (Å²) in [7, 11) is 0. The van der Waals surface area contributed by atoms with Crippen molar-refractivity contribution in [2.24, 2.45) is 0 Å². The summed E-state index contributed by atoms with van der Waals surface area (Å²) in [6.07, 6.45) is 2.78. The second-order valence-corrected chi connectivity index (χ2v) is 12.5. The summed E-state index contributed by atoms with van der Waals surface area (Å²) in [6.45, 7) is 2.58. The molecule has 0 spiro atoms. The van der Waals surface area contributed by atoms with E-state index in [1.807, 2.05) is 0 Å². The number of rotatable bonds is 5. The molecule has 1 aromatic heterocycles. The Bertz CT molecular complexity index is 1810. The minimum Gasteiger partial charge on any atom is -0.508 e. The number of phenols is 1. The van der Waals surface area contributed by atoms with Crippen molar-refractivity contribution < 1.29 is 31.8 Å². The monoisotopic (exact) mass is 611 g/mol. The molecule has 0 radical (unpaired) electrons. The molecule has 8 rings (SSSR count). The lowest BCUT2D eigenvalue weighted by Gasteiger charge is -2.37. The van der Waals surface area contributed by atoms with E-state index < -0.39 is 40.5 Å². The van der Waals surface area contributed by atoms with Crippen LogP contribution < -0.4 is 15.0 Å². The van der Waals surface area contributed by atoms with Gasteiger partial charge in [-0.2, -0.15) is 9.97 Å². The van der Waals surface area contributed by atoms with Gasteiger partial charge in [0.05, 0.1) is 11.1 Å². The van der Waals surface area contributed by atoms with Crippen LogP contribution in [0.5, 0.6) is 11.8 Å². The number of anilines is 1. The molecule has 0 saturated carbocycles. The van der Waals surface area contributed by atoms with E-state index in [9.17, 15) is 13.9 Å². The molecule has 0 aliphatic carbocycles. The van der Waals surface area contributed by atoms with Gasteiger partial charge in [-0.1, -0.05) is 6.07 Å². The fourth-order valence-corrected chi connectivity index (χ4v) is 8.02. The van der Waals surface area contributed by atoms with Gasteiger partial charge in [-0.3, -0.25) is 4.90 Å². The van der Waals surface area contributed by atoms with Crippen LogP contribution in [0, 0.1) is 23.3 Å². The standard InChI is InChI=1S/C32H30F5N5O2/c33-17-11-32(6-1-7-41(32)14-17)15-44-31-39-29-22(30(40-31)42-18-3-4-19(42)13-38-12-18)10-24(35)26(28(29)37)21-9-20(43)8-16-2-5-23(34)27(36)25(16)21/h2,5,8-10,17-19,38,43H,1,3-4,6-7,11-15H2/t17-,18-,19+,32+/m1/s1. The molecule has 4 fully saturated rings. The molecule has 0 amide bonds. The van der Waals surface area contributed by atoms with E-state index in [1.165, 1.54) is 12.1 Å². The Morgan fingerprint density at radius 3 is 2.59 bits per heavy atom. The zero-order valence-corrected chi connectivity index (χ0v) is 23.7. The van der Waals surface area contributed by atoms with Gasteiger partial charge in [-0.15, -0.1) is 0 Å². The Morgan fingerprint density at radius 1 is 1.00 bits per heavy atom. The predicted octanol–water partition coefficient (Wildman–Crippen LogP) is 5.61. The molecule has 4 aliphatic heterocycles. The number of hydrogen-bond acceptors (Lipinski definition) is 7. The smallest absolute Gasteiger partial charge is 0.319 e. The molecule has 4 aromatic rings. The molecule has 0 unspecified atom stereocenters. The van der Waals surface area contributed by atoms with E-state index in [4.69, 9.17) is 9.72 Å². The molecule has 2 N–H and O–H groups in total. The number of halogens is 5. The number of benzene rings is 3. The molecular formula is C32H30F5N5O2. The fraction of sp³-hybridized carbons (Fsp3) is 0.438. The van der Waals surface area contributed by atoms with E-state index >= 15 is 13.2 Å². The highest BCUT2D eigenvalue weighted by molar-refractivity contribution is 6.02. The summed E-state index contributed by atoms with van der Waals surface area (Å²) in [5.41, 5.74) is -1.75. The van der Waals surface area contributed by atoms with Crippen LogP contribution in [0.3, 0.4) is 0 Å². The van der Waals surface area contributed by atoms with Gasteiger partial charge in [-0.25, -0.2) is 22.0 Å². The van der Waals surface area contributed by atoms with Crippen molar-refractivity contribution in [1.29, 1.82) is 0 Å². The first-order valence-corrected chi connectivity index (χ1v) is 15.0. The average molecular weight is 612 g/mol. The Balaban J connectivity index is 1.31. The minimum absolute atomic E-state index is 0.0450. The number of nitrogens with one attached hydrogen (secondary N) is 1. The van der Waals surface area contributed by atoms with Crippen molar-refractivity contribution in [3.05, 3.63) is 53.6 Å². The summed E-state index contributed by atoms with van der Waals surface area (Å²) < 4.78 is 82.7. The van der Waals surface area contributed by atoms with Gasteiger partial charge in [0.2, 0.25) is 0 Å². The molecule has 7 nitrogen and oxygen atoms in total. The number of hydrogen-bond donors (Lipinski definition) is 2. The second kappa shape index (κ2) is 10.1. The number of nitrogens with zero attached hydrogens (tertiary/aromatic N) is 4. The van der Waals surface area contributed by atoms with Crippen LogP contribution in [0.1, 0.15) is 32.1 Å². The maximum atomic E-state index is 16.7. The molecular weight excluding hydrogens is 581 g/mol. The number of aromatic nitrogens is 2. The number of piperazine rings is 1. The lowest BCUT2D eigenvalue weighted by molar-refractivity contribution is 0.107. The van der Waals surface area contributed by atoms with E-state index in [0.29, 0.717) is 31.9 Å². The van der Waals surface area contributed by atoms with Gasteiger partial charge in [0.15, 0.2) is 17.5 Å². The topological polar surface area (TPSA) is 73.8 Å². The van der Waals surface area contributed by atoms with Gasteiger partial charge in [-0.05, 0) is 61.9 Å². The molecule has 230 valence electrons. The van der Waals surface area contributed by atoms with Crippen LogP contribution in [0.15, 0.2) is 30.3 Å². The van der Waals surface area contributed by atoms with Crippen molar-refractivity contribution >= 4 is 27.5 Å². The van der Waals surface area contributed by atoms with Gasteiger partial charge in [0.25, 0.3) is 0 Å². The lowest BCUT2D eigenvalue weighted by Crippen LogP contribution is -2.52. The summed E-state index contributed by atoms with van der Waals surface area (Å²) in [6, 6.07) is 5.41. The highest BCUT2D eigenvalue weighted by atomic mass is 19.2. The van der Waals surface area contributed by atoms with Crippen LogP contribution in [0.2, 0.25) is 0 Å². The van der Waals surface area contributed by atoms with Gasteiger partial charge in [0, 0.05) is 54.5 Å². The third-order valence-electron chi connectivity index (χ3n) is 9.96. The number of phenolic OH excluding ortho intramolecular Hbond substituents is 1. The average Bonchev–Trinajstić information content (AvgIpc) is 3.60. The van der Waals surface area contributed by atoms with E-state index in [0.717, 1.165) is 50.4 Å².